The highest BCUT2D eigenvalue weighted by Gasteiger charge is 2.14. The Morgan fingerprint density at radius 2 is 1.66 bits per heavy atom. The normalized spacial score (nSPS) is 12.0. The Morgan fingerprint density at radius 3 is 2.28 bits per heavy atom. The minimum absolute atomic E-state index is 0.245. The van der Waals surface area contributed by atoms with Crippen LogP contribution in [0.4, 0.5) is 0 Å². The number of primary amides is 1. The van der Waals surface area contributed by atoms with Gasteiger partial charge in [0.15, 0.2) is 5.69 Å². The first-order valence-corrected chi connectivity index (χ1v) is 11.1. The fourth-order valence-electron chi connectivity index (χ4n) is 3.55. The summed E-state index contributed by atoms with van der Waals surface area (Å²) in [6.45, 7) is 7.99. The number of unbranched alkanes of at least 4 members (excludes halogenated alkanes) is 8. The van der Waals surface area contributed by atoms with Crippen LogP contribution in [0.15, 0.2) is 18.5 Å². The van der Waals surface area contributed by atoms with Crippen molar-refractivity contribution in [2.45, 2.75) is 91.7 Å². The molecule has 2 aromatic heterocycles. The second kappa shape index (κ2) is 11.9. The zero-order chi connectivity index (χ0) is 21.1. The molecule has 162 valence electrons. The summed E-state index contributed by atoms with van der Waals surface area (Å²) in [5.41, 5.74) is 6.94. The van der Waals surface area contributed by atoms with Crippen LogP contribution in [0.3, 0.4) is 0 Å². The molecular weight excluding hydrogens is 364 g/mol. The van der Waals surface area contributed by atoms with Crippen LogP contribution in [0.5, 0.6) is 0 Å². The van der Waals surface area contributed by atoms with Gasteiger partial charge in [-0.15, -0.1) is 0 Å². The van der Waals surface area contributed by atoms with Gasteiger partial charge < -0.3 is 10.5 Å². The lowest BCUT2D eigenvalue weighted by Crippen LogP contribution is -2.13. The molecule has 6 heteroatoms. The van der Waals surface area contributed by atoms with Crippen molar-refractivity contribution < 1.29 is 9.53 Å². The zero-order valence-electron chi connectivity index (χ0n) is 18.5. The molecule has 0 aromatic carbocycles. The Bertz CT molecular complexity index is 749. The van der Waals surface area contributed by atoms with E-state index in [0.29, 0.717) is 24.1 Å². The van der Waals surface area contributed by atoms with Crippen molar-refractivity contribution in [1.29, 1.82) is 0 Å². The van der Waals surface area contributed by atoms with Gasteiger partial charge in [-0.25, -0.2) is 4.68 Å². The van der Waals surface area contributed by atoms with Crippen molar-refractivity contribution in [1.82, 2.24) is 14.8 Å². The number of hydrogen-bond donors (Lipinski definition) is 1. The van der Waals surface area contributed by atoms with E-state index in [1.54, 1.807) is 17.1 Å². The van der Waals surface area contributed by atoms with E-state index in [1.165, 1.54) is 57.8 Å². The topological polar surface area (TPSA) is 83.0 Å². The van der Waals surface area contributed by atoms with Crippen molar-refractivity contribution in [3.8, 4) is 0 Å². The molecule has 0 aliphatic heterocycles. The van der Waals surface area contributed by atoms with Crippen LogP contribution in [0.25, 0.3) is 10.9 Å². The van der Waals surface area contributed by atoms with Crippen LogP contribution >= 0.6 is 0 Å². The van der Waals surface area contributed by atoms with E-state index in [1.807, 2.05) is 6.07 Å². The van der Waals surface area contributed by atoms with Gasteiger partial charge in [-0.1, -0.05) is 72.1 Å². The monoisotopic (exact) mass is 402 g/mol. The summed E-state index contributed by atoms with van der Waals surface area (Å²) in [5, 5.41) is 4.94. The third-order valence-electron chi connectivity index (χ3n) is 5.21. The standard InChI is InChI=1S/C23H38N4O2/c1-23(2,3)14-11-9-7-5-4-6-8-10-12-16-29-18-27-20-13-15-25-17-19(20)21(26-27)22(24)28/h13,15,17H,4-12,14,16,18H2,1-3H3,(H2,24,28). The number of amides is 1. The summed E-state index contributed by atoms with van der Waals surface area (Å²) in [7, 11) is 0. The van der Waals surface area contributed by atoms with Crippen molar-refractivity contribution in [3.63, 3.8) is 0 Å². The van der Waals surface area contributed by atoms with E-state index in [2.05, 4.69) is 30.9 Å². The van der Waals surface area contributed by atoms with E-state index in [9.17, 15) is 4.79 Å². The number of fused-ring (bicyclic) bond motifs is 1. The van der Waals surface area contributed by atoms with E-state index < -0.39 is 5.91 Å². The lowest BCUT2D eigenvalue weighted by Gasteiger charge is -2.17. The predicted molar refractivity (Wildman–Crippen MR) is 118 cm³/mol. The summed E-state index contributed by atoms with van der Waals surface area (Å²) in [4.78, 5) is 15.6. The van der Waals surface area contributed by atoms with Gasteiger partial charge in [0.2, 0.25) is 0 Å². The second-order valence-electron chi connectivity index (χ2n) is 9.14. The molecule has 0 saturated carbocycles. The van der Waals surface area contributed by atoms with Crippen molar-refractivity contribution >= 4 is 16.8 Å². The van der Waals surface area contributed by atoms with Gasteiger partial charge in [-0.3, -0.25) is 9.78 Å². The van der Waals surface area contributed by atoms with Gasteiger partial charge in [0.05, 0.1) is 10.9 Å². The van der Waals surface area contributed by atoms with Crippen LogP contribution in [-0.4, -0.2) is 27.3 Å². The zero-order valence-corrected chi connectivity index (χ0v) is 18.5. The van der Waals surface area contributed by atoms with Crippen LogP contribution < -0.4 is 5.73 Å². The van der Waals surface area contributed by atoms with Gasteiger partial charge in [-0.05, 0) is 24.3 Å². The number of pyridine rings is 1. The highest BCUT2D eigenvalue weighted by Crippen LogP contribution is 2.22. The smallest absolute Gasteiger partial charge is 0.269 e. The number of nitrogens with two attached hydrogens (primary N) is 1. The van der Waals surface area contributed by atoms with Crippen LogP contribution in [0.2, 0.25) is 0 Å². The average Bonchev–Trinajstić information content (AvgIpc) is 3.04. The molecule has 0 saturated heterocycles. The molecular formula is C23H38N4O2. The minimum Gasteiger partial charge on any atom is -0.364 e. The van der Waals surface area contributed by atoms with Crippen molar-refractivity contribution in [3.05, 3.63) is 24.2 Å². The minimum atomic E-state index is -0.545. The van der Waals surface area contributed by atoms with Gasteiger partial charge >= 0.3 is 0 Å². The Balaban J connectivity index is 1.51. The van der Waals surface area contributed by atoms with Gasteiger partial charge in [0, 0.05) is 19.0 Å². The number of rotatable bonds is 14. The molecule has 0 radical (unpaired) electrons. The van der Waals surface area contributed by atoms with Crippen molar-refractivity contribution in [2.24, 2.45) is 11.1 Å². The maximum Gasteiger partial charge on any atom is 0.269 e. The second-order valence-corrected chi connectivity index (χ2v) is 9.14. The SMILES string of the molecule is CC(C)(C)CCCCCCCCCCCOCn1nc(C(N)=O)c2cnccc21. The van der Waals surface area contributed by atoms with Gasteiger partial charge in [0.25, 0.3) is 5.91 Å². The number of hydrogen-bond acceptors (Lipinski definition) is 4. The number of ether oxygens (including phenoxy) is 1. The van der Waals surface area contributed by atoms with Crippen LogP contribution in [-0.2, 0) is 11.5 Å². The summed E-state index contributed by atoms with van der Waals surface area (Å²) >= 11 is 0. The molecule has 0 atom stereocenters. The van der Waals surface area contributed by atoms with E-state index >= 15 is 0 Å². The molecule has 0 aliphatic rings. The summed E-state index contributed by atoms with van der Waals surface area (Å²) in [5.74, 6) is -0.545. The quantitative estimate of drug-likeness (QED) is 0.426. The maximum atomic E-state index is 11.5. The third kappa shape index (κ3) is 8.52. The van der Waals surface area contributed by atoms with E-state index in [-0.39, 0.29) is 5.69 Å². The predicted octanol–water partition coefficient (Wildman–Crippen LogP) is 5.45. The molecule has 0 aliphatic carbocycles. The molecule has 6 nitrogen and oxygen atoms in total. The highest BCUT2D eigenvalue weighted by atomic mass is 16.5. The molecule has 2 heterocycles. The van der Waals surface area contributed by atoms with Crippen LogP contribution in [0.1, 0.15) is 95.5 Å². The molecule has 2 rings (SSSR count). The molecule has 1 amide bonds. The summed E-state index contributed by atoms with van der Waals surface area (Å²) in [6, 6.07) is 1.82. The fourth-order valence-corrected chi connectivity index (χ4v) is 3.55. The van der Waals surface area contributed by atoms with E-state index in [0.717, 1.165) is 11.9 Å². The Kier molecular flexibility index (Phi) is 9.58. The first-order valence-electron chi connectivity index (χ1n) is 11.1. The summed E-state index contributed by atoms with van der Waals surface area (Å²) < 4.78 is 7.43. The molecule has 29 heavy (non-hydrogen) atoms. The largest absolute Gasteiger partial charge is 0.364 e. The Hall–Kier alpha value is -1.95. The molecule has 0 spiro atoms. The van der Waals surface area contributed by atoms with Gasteiger partial charge in [-0.2, -0.15) is 5.10 Å². The van der Waals surface area contributed by atoms with Gasteiger partial charge in [0.1, 0.15) is 6.73 Å². The Morgan fingerprint density at radius 1 is 1.03 bits per heavy atom. The van der Waals surface area contributed by atoms with E-state index in [4.69, 9.17) is 10.5 Å². The average molecular weight is 403 g/mol. The first-order chi connectivity index (χ1) is 13.9. The highest BCUT2D eigenvalue weighted by molar-refractivity contribution is 6.03. The number of nitrogens with zero attached hydrogens (tertiary/aromatic N) is 3. The molecule has 0 bridgehead atoms. The lowest BCUT2D eigenvalue weighted by molar-refractivity contribution is 0.0682. The third-order valence-corrected chi connectivity index (χ3v) is 5.21. The van der Waals surface area contributed by atoms with Crippen LogP contribution in [0, 0.1) is 5.41 Å². The molecule has 0 fully saturated rings. The van der Waals surface area contributed by atoms with Crippen molar-refractivity contribution in [2.75, 3.05) is 6.61 Å². The molecule has 2 N–H and O–H groups in total. The fraction of sp³-hybridized carbons (Fsp3) is 0.696. The first kappa shape index (κ1) is 23.3. The Labute approximate surface area is 175 Å². The number of carbonyl (C=O) groups is 1. The molecule has 0 unspecified atom stereocenters. The molecule has 2 aromatic rings. The summed E-state index contributed by atoms with van der Waals surface area (Å²) in [6.07, 6.45) is 16.3. The number of aromatic nitrogens is 3. The number of carbonyl (C=O) groups excluding carboxylic acids is 1. The maximum absolute atomic E-state index is 11.5. The lowest BCUT2D eigenvalue weighted by atomic mass is 9.89.